The highest BCUT2D eigenvalue weighted by Gasteiger charge is 2.51. The number of aromatic nitrogens is 2. The van der Waals surface area contributed by atoms with Crippen LogP contribution in [0.4, 0.5) is 5.95 Å². The smallest absolute Gasteiger partial charge is 0.399 e. The lowest BCUT2D eigenvalue weighted by molar-refractivity contribution is 0.00578. The van der Waals surface area contributed by atoms with Crippen LogP contribution < -0.4 is 10.4 Å². The summed E-state index contributed by atoms with van der Waals surface area (Å²) in [4.78, 5) is 10.9. The summed E-state index contributed by atoms with van der Waals surface area (Å²) < 4.78 is 12.0. The third-order valence-electron chi connectivity index (χ3n) is 4.37. The second kappa shape index (κ2) is 5.93. The van der Waals surface area contributed by atoms with E-state index in [1.165, 1.54) is 0 Å². The molecule has 2 heterocycles. The van der Waals surface area contributed by atoms with Crippen LogP contribution in [-0.2, 0) is 9.31 Å². The van der Waals surface area contributed by atoms with Crippen molar-refractivity contribution in [3.63, 3.8) is 0 Å². The summed E-state index contributed by atoms with van der Waals surface area (Å²) in [6, 6.07) is 0. The quantitative estimate of drug-likeness (QED) is 0.777. The molecule has 0 bridgehead atoms. The predicted molar refractivity (Wildman–Crippen MR) is 85.9 cm³/mol. The van der Waals surface area contributed by atoms with Crippen molar-refractivity contribution >= 4 is 18.5 Å². The molecule has 6 heteroatoms. The summed E-state index contributed by atoms with van der Waals surface area (Å²) in [6.07, 6.45) is 5.90. The Labute approximate surface area is 128 Å². The van der Waals surface area contributed by atoms with Gasteiger partial charge in [0.1, 0.15) is 0 Å². The molecule has 1 aromatic rings. The maximum absolute atomic E-state index is 6.00. The van der Waals surface area contributed by atoms with Crippen molar-refractivity contribution in [3.05, 3.63) is 12.4 Å². The minimum Gasteiger partial charge on any atom is -0.399 e. The maximum atomic E-state index is 6.00. The van der Waals surface area contributed by atoms with Crippen LogP contribution in [0.25, 0.3) is 0 Å². The first-order valence-corrected chi connectivity index (χ1v) is 7.65. The summed E-state index contributed by atoms with van der Waals surface area (Å²) in [7, 11) is 1.62. The molecule has 21 heavy (non-hydrogen) atoms. The third kappa shape index (κ3) is 3.38. The van der Waals surface area contributed by atoms with E-state index in [0.29, 0.717) is 0 Å². The molecule has 0 spiro atoms. The van der Waals surface area contributed by atoms with Crippen molar-refractivity contribution < 1.29 is 9.31 Å². The molecule has 1 aliphatic rings. The van der Waals surface area contributed by atoms with Crippen LogP contribution in [0.3, 0.4) is 0 Å². The first-order valence-electron chi connectivity index (χ1n) is 7.65. The van der Waals surface area contributed by atoms with Gasteiger partial charge in [0, 0.05) is 31.4 Å². The van der Waals surface area contributed by atoms with E-state index in [4.69, 9.17) is 9.31 Å². The SMILES string of the molecule is CCCCN(C)c1ncc(B2OC(C)(C)C(C)(C)O2)cn1. The molecule has 0 aromatic carbocycles. The average molecular weight is 291 g/mol. The zero-order chi connectivity index (χ0) is 15.7. The van der Waals surface area contributed by atoms with Gasteiger partial charge in [-0.1, -0.05) is 13.3 Å². The average Bonchev–Trinajstić information content (AvgIpc) is 2.65. The predicted octanol–water partition coefficient (Wildman–Crippen LogP) is 2.01. The highest BCUT2D eigenvalue weighted by molar-refractivity contribution is 6.61. The van der Waals surface area contributed by atoms with Crippen LogP contribution in [0.1, 0.15) is 47.5 Å². The molecule has 0 amide bonds. The van der Waals surface area contributed by atoms with Crippen molar-refractivity contribution in [2.24, 2.45) is 0 Å². The summed E-state index contributed by atoms with van der Waals surface area (Å²) in [6.45, 7) is 11.3. The van der Waals surface area contributed by atoms with Gasteiger partial charge in [-0.3, -0.25) is 0 Å². The van der Waals surface area contributed by atoms with Crippen molar-refractivity contribution in [2.75, 3.05) is 18.5 Å². The molecule has 0 radical (unpaired) electrons. The van der Waals surface area contributed by atoms with Gasteiger partial charge in [0.05, 0.1) is 11.2 Å². The Hall–Kier alpha value is -1.14. The summed E-state index contributed by atoms with van der Waals surface area (Å²) in [5.74, 6) is 0.740. The lowest BCUT2D eigenvalue weighted by Crippen LogP contribution is -2.41. The number of unbranched alkanes of at least 4 members (excludes halogenated alkanes) is 1. The van der Waals surface area contributed by atoms with Crippen LogP contribution in [-0.4, -0.2) is 41.9 Å². The minimum absolute atomic E-state index is 0.339. The number of rotatable bonds is 5. The number of hydrogen-bond donors (Lipinski definition) is 0. The Kier molecular flexibility index (Phi) is 4.59. The van der Waals surface area contributed by atoms with Crippen LogP contribution in [0.5, 0.6) is 0 Å². The van der Waals surface area contributed by atoms with Gasteiger partial charge < -0.3 is 14.2 Å². The Balaban J connectivity index is 2.07. The molecule has 1 aliphatic heterocycles. The molecular formula is C15H26BN3O2. The van der Waals surface area contributed by atoms with Gasteiger partial charge in [0.15, 0.2) is 0 Å². The van der Waals surface area contributed by atoms with E-state index in [0.717, 1.165) is 30.8 Å². The van der Waals surface area contributed by atoms with Crippen LogP contribution in [0, 0.1) is 0 Å². The topological polar surface area (TPSA) is 47.5 Å². The number of nitrogens with zero attached hydrogens (tertiary/aromatic N) is 3. The van der Waals surface area contributed by atoms with E-state index in [1.807, 2.05) is 34.7 Å². The standard InChI is InChI=1S/C15H26BN3O2/c1-7-8-9-19(6)13-17-10-12(11-18-13)16-20-14(2,3)15(4,5)21-16/h10-11H,7-9H2,1-6H3. The van der Waals surface area contributed by atoms with Crippen molar-refractivity contribution in [2.45, 2.75) is 58.7 Å². The minimum atomic E-state index is -0.398. The van der Waals surface area contributed by atoms with E-state index in [9.17, 15) is 0 Å². The molecule has 116 valence electrons. The first kappa shape index (κ1) is 16.2. The van der Waals surface area contributed by atoms with E-state index in [1.54, 1.807) is 12.4 Å². The summed E-state index contributed by atoms with van der Waals surface area (Å²) in [5, 5.41) is 0. The van der Waals surface area contributed by atoms with E-state index in [-0.39, 0.29) is 11.2 Å². The van der Waals surface area contributed by atoms with Gasteiger partial charge >= 0.3 is 7.12 Å². The number of hydrogen-bond acceptors (Lipinski definition) is 5. The highest BCUT2D eigenvalue weighted by Crippen LogP contribution is 2.36. The summed E-state index contributed by atoms with van der Waals surface area (Å²) >= 11 is 0. The lowest BCUT2D eigenvalue weighted by Gasteiger charge is -2.32. The largest absolute Gasteiger partial charge is 0.498 e. The molecule has 1 saturated heterocycles. The van der Waals surface area contributed by atoms with Gasteiger partial charge in [0.2, 0.25) is 5.95 Å². The Morgan fingerprint density at radius 3 is 2.10 bits per heavy atom. The van der Waals surface area contributed by atoms with Gasteiger partial charge in [-0.15, -0.1) is 0 Å². The Morgan fingerprint density at radius 1 is 1.10 bits per heavy atom. The Morgan fingerprint density at radius 2 is 1.62 bits per heavy atom. The third-order valence-corrected chi connectivity index (χ3v) is 4.37. The second-order valence-electron chi connectivity index (χ2n) is 6.68. The molecule has 5 nitrogen and oxygen atoms in total. The Bertz CT molecular complexity index is 460. The van der Waals surface area contributed by atoms with Crippen LogP contribution in [0.2, 0.25) is 0 Å². The molecule has 0 aliphatic carbocycles. The van der Waals surface area contributed by atoms with Crippen molar-refractivity contribution in [1.82, 2.24) is 9.97 Å². The highest BCUT2D eigenvalue weighted by atomic mass is 16.7. The van der Waals surface area contributed by atoms with Gasteiger partial charge in [-0.2, -0.15) is 0 Å². The fourth-order valence-corrected chi connectivity index (χ4v) is 2.12. The monoisotopic (exact) mass is 291 g/mol. The van der Waals surface area contributed by atoms with Gasteiger partial charge in [-0.05, 0) is 34.1 Å². The van der Waals surface area contributed by atoms with Gasteiger partial charge in [0.25, 0.3) is 0 Å². The van der Waals surface area contributed by atoms with E-state index < -0.39 is 7.12 Å². The molecule has 0 saturated carbocycles. The maximum Gasteiger partial charge on any atom is 0.498 e. The van der Waals surface area contributed by atoms with Gasteiger partial charge in [-0.25, -0.2) is 9.97 Å². The lowest BCUT2D eigenvalue weighted by atomic mass is 9.81. The second-order valence-corrected chi connectivity index (χ2v) is 6.68. The number of anilines is 1. The van der Waals surface area contributed by atoms with Crippen LogP contribution in [0.15, 0.2) is 12.4 Å². The molecule has 0 atom stereocenters. The van der Waals surface area contributed by atoms with E-state index >= 15 is 0 Å². The molecule has 1 aromatic heterocycles. The molecular weight excluding hydrogens is 265 g/mol. The van der Waals surface area contributed by atoms with Crippen LogP contribution >= 0.6 is 0 Å². The zero-order valence-electron chi connectivity index (χ0n) is 14.0. The molecule has 0 N–H and O–H groups in total. The molecule has 0 unspecified atom stereocenters. The van der Waals surface area contributed by atoms with Crippen molar-refractivity contribution in [3.8, 4) is 0 Å². The van der Waals surface area contributed by atoms with Crippen molar-refractivity contribution in [1.29, 1.82) is 0 Å². The van der Waals surface area contributed by atoms with E-state index in [2.05, 4.69) is 21.8 Å². The zero-order valence-corrected chi connectivity index (χ0v) is 14.0. The summed E-state index contributed by atoms with van der Waals surface area (Å²) in [5.41, 5.74) is 0.184. The first-order chi connectivity index (χ1) is 9.77. The fourth-order valence-electron chi connectivity index (χ4n) is 2.12. The molecule has 1 fully saturated rings. The normalized spacial score (nSPS) is 19.8. The fraction of sp³-hybridized carbons (Fsp3) is 0.733. The molecule has 2 rings (SSSR count).